The van der Waals surface area contributed by atoms with Crippen molar-refractivity contribution in [2.24, 2.45) is 5.73 Å². The number of aliphatic hydroxyl groups is 1. The first-order chi connectivity index (χ1) is 17.9. The van der Waals surface area contributed by atoms with Gasteiger partial charge in [0.05, 0.1) is 54.8 Å². The average molecular weight is 503 g/mol. The second-order valence-electron chi connectivity index (χ2n) is 9.00. The van der Waals surface area contributed by atoms with Gasteiger partial charge in [-0.25, -0.2) is 9.59 Å². The predicted molar refractivity (Wildman–Crippen MR) is 138 cm³/mol. The Morgan fingerprint density at radius 2 is 1.62 bits per heavy atom. The zero-order chi connectivity index (χ0) is 26.5. The van der Waals surface area contributed by atoms with Gasteiger partial charge in [0.15, 0.2) is 0 Å². The molecule has 2 aromatic carbocycles. The number of hydrogen-bond acceptors (Lipinski definition) is 9. The van der Waals surface area contributed by atoms with Gasteiger partial charge in [0.2, 0.25) is 0 Å². The van der Waals surface area contributed by atoms with Crippen LogP contribution in [0.1, 0.15) is 37.2 Å². The first-order valence-electron chi connectivity index (χ1n) is 12.1. The lowest BCUT2D eigenvalue weighted by atomic mass is 9.81. The number of carbonyl (C=O) groups is 2. The largest absolute Gasteiger partial charge is 0.466 e. The molecule has 9 nitrogen and oxygen atoms in total. The second-order valence-corrected chi connectivity index (χ2v) is 9.00. The maximum atomic E-state index is 13.3. The molecule has 0 saturated heterocycles. The van der Waals surface area contributed by atoms with E-state index < -0.39 is 17.9 Å². The zero-order valence-electron chi connectivity index (χ0n) is 20.8. The number of nitriles is 1. The van der Waals surface area contributed by atoms with Crippen molar-refractivity contribution in [3.8, 4) is 6.07 Å². The molecule has 0 radical (unpaired) electrons. The zero-order valence-corrected chi connectivity index (χ0v) is 20.8. The van der Waals surface area contributed by atoms with E-state index in [2.05, 4.69) is 11.4 Å². The highest BCUT2D eigenvalue weighted by atomic mass is 16.5. The van der Waals surface area contributed by atoms with E-state index in [1.165, 1.54) is 19.1 Å². The Hall–Kier alpha value is -4.29. The Morgan fingerprint density at radius 3 is 2.24 bits per heavy atom. The van der Waals surface area contributed by atoms with Crippen molar-refractivity contribution in [2.45, 2.75) is 43.7 Å². The molecular weight excluding hydrogens is 472 g/mol. The van der Waals surface area contributed by atoms with Crippen LogP contribution in [0, 0.1) is 11.3 Å². The number of ether oxygens (including phenoxy) is 2. The molecule has 2 aliphatic rings. The number of para-hydroxylation sites is 2. The van der Waals surface area contributed by atoms with Crippen LogP contribution in [0.2, 0.25) is 0 Å². The molecule has 192 valence electrons. The summed E-state index contributed by atoms with van der Waals surface area (Å²) in [5.41, 5.74) is 8.32. The number of aliphatic hydroxyl groups excluding tert-OH is 1. The summed E-state index contributed by atoms with van der Waals surface area (Å²) in [4.78, 5) is 27.9. The predicted octanol–water partition coefficient (Wildman–Crippen LogP) is 3.30. The van der Waals surface area contributed by atoms with Crippen molar-refractivity contribution < 1.29 is 24.2 Å². The van der Waals surface area contributed by atoms with Gasteiger partial charge >= 0.3 is 11.9 Å². The Bertz CT molecular complexity index is 1270. The minimum absolute atomic E-state index is 0.0118. The molecule has 1 aliphatic carbocycles. The third kappa shape index (κ3) is 5.01. The van der Waals surface area contributed by atoms with Crippen molar-refractivity contribution >= 4 is 23.3 Å². The summed E-state index contributed by atoms with van der Waals surface area (Å²) in [6, 6.07) is 18.4. The number of nitrogens with two attached hydrogens (primary N) is 1. The van der Waals surface area contributed by atoms with E-state index in [0.29, 0.717) is 29.8 Å². The molecule has 37 heavy (non-hydrogen) atoms. The molecule has 0 amide bonds. The average Bonchev–Trinajstić information content (AvgIpc) is 2.93. The summed E-state index contributed by atoms with van der Waals surface area (Å²) >= 11 is 0. The summed E-state index contributed by atoms with van der Waals surface area (Å²) in [6.45, 7) is 0. The number of methoxy groups -OCH3 is 2. The summed E-state index contributed by atoms with van der Waals surface area (Å²) < 4.78 is 10.2. The molecular formula is C28H30N4O5. The van der Waals surface area contributed by atoms with Gasteiger partial charge in [-0.15, -0.1) is 0 Å². The number of carbonyl (C=O) groups excluding carboxylic acids is 2. The van der Waals surface area contributed by atoms with Gasteiger partial charge < -0.3 is 25.6 Å². The van der Waals surface area contributed by atoms with Crippen LogP contribution in [-0.2, 0) is 19.1 Å². The van der Waals surface area contributed by atoms with Crippen LogP contribution in [-0.4, -0.2) is 43.4 Å². The van der Waals surface area contributed by atoms with E-state index in [-0.39, 0.29) is 34.8 Å². The van der Waals surface area contributed by atoms with Crippen LogP contribution < -0.4 is 16.0 Å². The first kappa shape index (κ1) is 25.8. The van der Waals surface area contributed by atoms with E-state index in [0.717, 1.165) is 12.8 Å². The molecule has 1 aliphatic heterocycles. The summed E-state index contributed by atoms with van der Waals surface area (Å²) in [6.07, 6.45) is 2.60. The molecule has 2 aromatic rings. The van der Waals surface area contributed by atoms with Crippen LogP contribution in [0.5, 0.6) is 0 Å². The second kappa shape index (κ2) is 11.2. The van der Waals surface area contributed by atoms with Crippen molar-refractivity contribution in [1.82, 2.24) is 0 Å². The standard InChI is InChI=1S/C28H30N4O5/c1-36-27(34)24-23(17-8-4-3-5-9-17)20(16-29)26(30)32(25(24)28(35)37-2)22-11-7-6-10-21(22)31-18-12-14-19(33)15-13-18/h3-11,18-19,23,31,33H,12-15,30H2,1-2H3. The van der Waals surface area contributed by atoms with Gasteiger partial charge in [0.25, 0.3) is 0 Å². The van der Waals surface area contributed by atoms with Gasteiger partial charge in [-0.3, -0.25) is 4.90 Å². The fourth-order valence-electron chi connectivity index (χ4n) is 4.99. The van der Waals surface area contributed by atoms with Crippen LogP contribution >= 0.6 is 0 Å². The molecule has 9 heteroatoms. The Labute approximate surface area is 215 Å². The Kier molecular flexibility index (Phi) is 7.80. The van der Waals surface area contributed by atoms with E-state index >= 15 is 0 Å². The highest BCUT2D eigenvalue weighted by Crippen LogP contribution is 2.45. The number of allylic oxidation sites excluding steroid dienone is 1. The molecule has 0 spiro atoms. The molecule has 0 aromatic heterocycles. The summed E-state index contributed by atoms with van der Waals surface area (Å²) in [7, 11) is 2.44. The lowest BCUT2D eigenvalue weighted by Gasteiger charge is -2.37. The van der Waals surface area contributed by atoms with Crippen LogP contribution in [0.15, 0.2) is 77.3 Å². The number of hydrogen-bond donors (Lipinski definition) is 3. The lowest BCUT2D eigenvalue weighted by Crippen LogP contribution is -2.41. The molecule has 1 saturated carbocycles. The normalized spacial score (nSPS) is 21.8. The van der Waals surface area contributed by atoms with Gasteiger partial charge in [-0.1, -0.05) is 42.5 Å². The third-order valence-corrected chi connectivity index (χ3v) is 6.81. The smallest absolute Gasteiger partial charge is 0.355 e. The third-order valence-electron chi connectivity index (χ3n) is 6.81. The molecule has 0 bridgehead atoms. The number of esters is 2. The number of rotatable bonds is 6. The molecule has 4 N–H and O–H groups in total. The topological polar surface area (TPSA) is 138 Å². The van der Waals surface area contributed by atoms with E-state index in [9.17, 15) is 20.0 Å². The van der Waals surface area contributed by atoms with Crippen LogP contribution in [0.4, 0.5) is 11.4 Å². The minimum atomic E-state index is -0.927. The fraction of sp³-hybridized carbons (Fsp3) is 0.321. The number of benzene rings is 2. The molecule has 1 heterocycles. The van der Waals surface area contributed by atoms with Crippen molar-refractivity contribution in [3.63, 3.8) is 0 Å². The monoisotopic (exact) mass is 502 g/mol. The molecule has 1 atom stereocenters. The van der Waals surface area contributed by atoms with Crippen molar-refractivity contribution in [3.05, 3.63) is 82.8 Å². The quantitative estimate of drug-likeness (QED) is 0.508. The Morgan fingerprint density at radius 1 is 1.00 bits per heavy atom. The van der Waals surface area contributed by atoms with Crippen molar-refractivity contribution in [2.75, 3.05) is 24.4 Å². The van der Waals surface area contributed by atoms with Gasteiger partial charge in [-0.05, 0) is 43.4 Å². The van der Waals surface area contributed by atoms with E-state index in [1.807, 2.05) is 18.2 Å². The highest BCUT2D eigenvalue weighted by Gasteiger charge is 2.43. The van der Waals surface area contributed by atoms with Crippen LogP contribution in [0.25, 0.3) is 0 Å². The fourth-order valence-corrected chi connectivity index (χ4v) is 4.99. The summed E-state index contributed by atoms with van der Waals surface area (Å²) in [5, 5.41) is 23.6. The van der Waals surface area contributed by atoms with Crippen LogP contribution in [0.3, 0.4) is 0 Å². The van der Waals surface area contributed by atoms with Gasteiger partial charge in [0.1, 0.15) is 11.5 Å². The van der Waals surface area contributed by atoms with Gasteiger partial charge in [0, 0.05) is 6.04 Å². The number of anilines is 2. The first-order valence-corrected chi connectivity index (χ1v) is 12.1. The maximum absolute atomic E-state index is 13.3. The SMILES string of the molecule is COC(=O)C1=C(C(=O)OC)N(c2ccccc2NC2CCC(O)CC2)C(N)=C(C#N)C1c1ccccc1. The Balaban J connectivity index is 1.93. The number of nitrogens with one attached hydrogen (secondary N) is 1. The maximum Gasteiger partial charge on any atom is 0.355 e. The minimum Gasteiger partial charge on any atom is -0.466 e. The summed E-state index contributed by atoms with van der Waals surface area (Å²) in [5.74, 6) is -2.48. The van der Waals surface area contributed by atoms with E-state index in [4.69, 9.17) is 15.2 Å². The van der Waals surface area contributed by atoms with E-state index in [1.54, 1.807) is 36.4 Å². The lowest BCUT2D eigenvalue weighted by molar-refractivity contribution is -0.139. The highest BCUT2D eigenvalue weighted by molar-refractivity contribution is 6.07. The number of nitrogens with zero attached hydrogens (tertiary/aromatic N) is 2. The van der Waals surface area contributed by atoms with Crippen molar-refractivity contribution in [1.29, 1.82) is 5.26 Å². The molecule has 1 fully saturated rings. The molecule has 4 rings (SSSR count). The van der Waals surface area contributed by atoms with Gasteiger partial charge in [-0.2, -0.15) is 5.26 Å². The molecule has 1 unspecified atom stereocenters.